The van der Waals surface area contributed by atoms with Crippen molar-refractivity contribution in [1.29, 1.82) is 0 Å². The van der Waals surface area contributed by atoms with Gasteiger partial charge in [0.15, 0.2) is 0 Å². The van der Waals surface area contributed by atoms with Crippen molar-refractivity contribution in [2.75, 3.05) is 19.5 Å². The highest BCUT2D eigenvalue weighted by Crippen LogP contribution is 2.34. The maximum Gasteiger partial charge on any atom is 0.0447 e. The lowest BCUT2D eigenvalue weighted by Gasteiger charge is -2.23. The molecule has 0 aromatic heterocycles. The zero-order chi connectivity index (χ0) is 10.8. The Morgan fingerprint density at radius 1 is 1.38 bits per heavy atom. The summed E-state index contributed by atoms with van der Waals surface area (Å²) in [4.78, 5) is 0. The average molecular weight is 118 g/mol. The molecular formula is C6H12N2. The molecule has 8 heavy (non-hydrogen) atoms. The largest absolute Gasteiger partial charge is 0.314 e. The summed E-state index contributed by atoms with van der Waals surface area (Å²) in [5, 5.41) is 4.55. The van der Waals surface area contributed by atoms with Crippen LogP contribution < -0.4 is 10.6 Å². The van der Waals surface area contributed by atoms with Crippen molar-refractivity contribution in [2.45, 2.75) is 18.4 Å². The maximum atomic E-state index is 7.61. The fraction of sp³-hybridized carbons (Fsp3) is 1.00. The highest BCUT2D eigenvalue weighted by molar-refractivity contribution is 5.05. The molecule has 2 N–H and O–H groups in total. The Morgan fingerprint density at radius 2 is 2.25 bits per heavy atom. The molecule has 1 aliphatic heterocycles. The van der Waals surface area contributed by atoms with Crippen LogP contribution in [0.1, 0.15) is 21.1 Å². The van der Waals surface area contributed by atoms with Gasteiger partial charge in [-0.05, 0) is 12.8 Å². The predicted molar refractivity (Wildman–Crippen MR) is 32.8 cm³/mol. The fourth-order valence-electron chi connectivity index (χ4n) is 0.739. The second-order valence-electron chi connectivity index (χ2n) is 2.21. The van der Waals surface area contributed by atoms with E-state index in [-0.39, 0.29) is 0 Å². The Bertz CT molecular complexity index is 238. The fourth-order valence-corrected chi connectivity index (χ4v) is 0.739. The van der Waals surface area contributed by atoms with Crippen molar-refractivity contribution in [3.8, 4) is 0 Å². The van der Waals surface area contributed by atoms with Gasteiger partial charge in [0, 0.05) is 33.3 Å². The van der Waals surface area contributed by atoms with Crippen LogP contribution in [-0.4, -0.2) is 25.0 Å². The summed E-state index contributed by atoms with van der Waals surface area (Å²) in [5.74, 6) is 0. The quantitative estimate of drug-likeness (QED) is 0.457. The summed E-state index contributed by atoms with van der Waals surface area (Å²) in [6, 6.07) is 0. The molecule has 1 spiro atoms. The summed E-state index contributed by atoms with van der Waals surface area (Å²) in [5.41, 5.74) is -0.928. The molecule has 1 heterocycles. The van der Waals surface area contributed by atoms with Gasteiger partial charge in [-0.3, -0.25) is 0 Å². The summed E-state index contributed by atoms with van der Waals surface area (Å²) in [6.45, 7) is -6.54. The molecule has 1 aliphatic carbocycles. The van der Waals surface area contributed by atoms with Gasteiger partial charge in [0.05, 0.1) is 0 Å². The molecule has 0 bridgehead atoms. The first-order valence-electron chi connectivity index (χ1n) is 5.71. The molecule has 2 fully saturated rings. The van der Waals surface area contributed by atoms with Crippen LogP contribution in [0.2, 0.25) is 0 Å². The van der Waals surface area contributed by atoms with Crippen molar-refractivity contribution in [3.05, 3.63) is 0 Å². The molecular weight excluding hydrogens is 100 g/mol. The van der Waals surface area contributed by atoms with E-state index in [0.29, 0.717) is 12.8 Å². The van der Waals surface area contributed by atoms with Crippen LogP contribution in [0.5, 0.6) is 0 Å². The van der Waals surface area contributed by atoms with Crippen molar-refractivity contribution in [1.82, 2.24) is 10.6 Å². The van der Waals surface area contributed by atoms with E-state index in [1.807, 2.05) is 0 Å². The van der Waals surface area contributed by atoms with E-state index in [4.69, 9.17) is 8.22 Å². The lowest BCUT2D eigenvalue weighted by Crippen LogP contribution is -2.50. The third kappa shape index (κ3) is 0.644. The third-order valence-electron chi connectivity index (χ3n) is 1.48. The number of nitrogens with one attached hydrogen (secondary N) is 2. The van der Waals surface area contributed by atoms with Gasteiger partial charge < -0.3 is 10.6 Å². The molecule has 0 radical (unpaired) electrons. The second kappa shape index (κ2) is 1.45. The van der Waals surface area contributed by atoms with Crippen LogP contribution in [-0.2, 0) is 0 Å². The van der Waals surface area contributed by atoms with Gasteiger partial charge in [0.2, 0.25) is 0 Å². The number of hydrogen-bond donors (Lipinski definition) is 2. The van der Waals surface area contributed by atoms with Gasteiger partial charge in [0.25, 0.3) is 0 Å². The first-order valence-corrected chi connectivity index (χ1v) is 2.71. The zero-order valence-corrected chi connectivity index (χ0v) is 4.41. The zero-order valence-electron chi connectivity index (χ0n) is 10.4. The standard InChI is InChI=1S/C6H12N2/c1-2-6(1)5-7-3-4-8-6/h7-8H,1-5H2/i3D2,4D2,5D2. The normalized spacial score (nSPS) is 63.0. The van der Waals surface area contributed by atoms with Gasteiger partial charge >= 0.3 is 0 Å². The number of rotatable bonds is 0. The summed E-state index contributed by atoms with van der Waals surface area (Å²) in [7, 11) is 0. The SMILES string of the molecule is [2H]C1([2H])NC([2H])([2H])C2(CC2)NC1([2H])[2H]. The van der Waals surface area contributed by atoms with Crippen LogP contribution in [0.25, 0.3) is 0 Å². The maximum absolute atomic E-state index is 7.61. The van der Waals surface area contributed by atoms with Gasteiger partial charge in [-0.25, -0.2) is 0 Å². The molecule has 2 nitrogen and oxygen atoms in total. The van der Waals surface area contributed by atoms with Crippen LogP contribution in [0.4, 0.5) is 0 Å². The molecule has 0 amide bonds. The first-order chi connectivity index (χ1) is 6.12. The van der Waals surface area contributed by atoms with Crippen molar-refractivity contribution in [2.24, 2.45) is 0 Å². The van der Waals surface area contributed by atoms with Crippen LogP contribution >= 0.6 is 0 Å². The lowest BCUT2D eigenvalue weighted by molar-refractivity contribution is 0.403. The van der Waals surface area contributed by atoms with Gasteiger partial charge in [-0.1, -0.05) is 0 Å². The topological polar surface area (TPSA) is 24.1 Å². The number of hydrogen-bond acceptors (Lipinski definition) is 2. The Balaban J connectivity index is 2.32. The third-order valence-corrected chi connectivity index (χ3v) is 1.48. The molecule has 1 saturated heterocycles. The molecule has 0 unspecified atom stereocenters. The Kier molecular flexibility index (Phi) is 0.309. The highest BCUT2D eigenvalue weighted by atomic mass is 15.1. The lowest BCUT2D eigenvalue weighted by atomic mass is 10.2. The average Bonchev–Trinajstić information content (AvgIpc) is 2.62. The Hall–Kier alpha value is -0.0800. The molecule has 0 aromatic carbocycles. The minimum atomic E-state index is -2.40. The first kappa shape index (κ1) is 1.70. The molecule has 2 aliphatic rings. The molecule has 2 heteroatoms. The van der Waals surface area contributed by atoms with Crippen LogP contribution in [0.3, 0.4) is 0 Å². The Labute approximate surface area is 58.1 Å². The minimum Gasteiger partial charge on any atom is -0.314 e. The van der Waals surface area contributed by atoms with Gasteiger partial charge in [0.1, 0.15) is 0 Å². The summed E-state index contributed by atoms with van der Waals surface area (Å²) in [6.07, 6.45) is 1.06. The molecule has 2 rings (SSSR count). The smallest absolute Gasteiger partial charge is 0.0447 e. The Morgan fingerprint density at radius 3 is 3.00 bits per heavy atom. The molecule has 0 atom stereocenters. The highest BCUT2D eigenvalue weighted by Gasteiger charge is 2.42. The van der Waals surface area contributed by atoms with Crippen molar-refractivity contribution >= 4 is 0 Å². The predicted octanol–water partition coefficient (Wildman–Crippen LogP) is -0.288. The van der Waals surface area contributed by atoms with Crippen molar-refractivity contribution in [3.63, 3.8) is 0 Å². The van der Waals surface area contributed by atoms with Crippen LogP contribution in [0.15, 0.2) is 0 Å². The minimum absolute atomic E-state index is 0.530. The van der Waals surface area contributed by atoms with Crippen LogP contribution in [0, 0.1) is 0 Å². The second-order valence-corrected chi connectivity index (χ2v) is 2.21. The van der Waals surface area contributed by atoms with E-state index in [0.717, 1.165) is 0 Å². The van der Waals surface area contributed by atoms with E-state index in [1.54, 1.807) is 0 Å². The van der Waals surface area contributed by atoms with E-state index < -0.39 is 25.0 Å². The van der Waals surface area contributed by atoms with Gasteiger partial charge in [-0.15, -0.1) is 0 Å². The monoisotopic (exact) mass is 118 g/mol. The molecule has 0 aromatic rings. The van der Waals surface area contributed by atoms with Gasteiger partial charge in [-0.2, -0.15) is 0 Å². The molecule has 46 valence electrons. The summed E-state index contributed by atoms with van der Waals surface area (Å²) < 4.78 is 44.9. The van der Waals surface area contributed by atoms with E-state index in [2.05, 4.69) is 10.6 Å². The van der Waals surface area contributed by atoms with Crippen molar-refractivity contribution < 1.29 is 8.22 Å². The van der Waals surface area contributed by atoms with E-state index in [9.17, 15) is 0 Å². The van der Waals surface area contributed by atoms with E-state index >= 15 is 0 Å². The summed E-state index contributed by atoms with van der Waals surface area (Å²) >= 11 is 0. The number of piperazine rings is 1. The molecule has 1 saturated carbocycles. The van der Waals surface area contributed by atoms with E-state index in [1.165, 1.54) is 0 Å².